The van der Waals surface area contributed by atoms with Crippen LogP contribution >= 0.6 is 23.2 Å². The van der Waals surface area contributed by atoms with Gasteiger partial charge in [0.15, 0.2) is 0 Å². The fourth-order valence-electron chi connectivity index (χ4n) is 2.57. The lowest BCUT2D eigenvalue weighted by atomic mass is 10.2. The Morgan fingerprint density at radius 3 is 2.62 bits per heavy atom. The summed E-state index contributed by atoms with van der Waals surface area (Å²) in [5.74, 6) is 0.836. The summed E-state index contributed by atoms with van der Waals surface area (Å²) in [4.78, 5) is 17.9. The maximum Gasteiger partial charge on any atom is 0.219 e. The van der Waals surface area contributed by atoms with E-state index in [-0.39, 0.29) is 5.91 Å². The lowest BCUT2D eigenvalue weighted by Crippen LogP contribution is -2.25. The molecule has 0 radical (unpaired) electrons. The minimum atomic E-state index is 0.00291. The predicted octanol–water partition coefficient (Wildman–Crippen LogP) is 4.37. The topological polar surface area (TPSA) is 38.1 Å². The molecule has 124 valence electrons. The molecule has 0 saturated carbocycles. The van der Waals surface area contributed by atoms with Crippen LogP contribution < -0.4 is 0 Å². The van der Waals surface area contributed by atoms with Crippen LogP contribution in [-0.4, -0.2) is 27.4 Å². The number of hydrogen-bond donors (Lipinski definition) is 0. The second-order valence-electron chi connectivity index (χ2n) is 5.73. The number of nitrogens with zero attached hydrogens (tertiary/aromatic N) is 3. The number of amides is 1. The van der Waals surface area contributed by atoms with E-state index in [1.807, 2.05) is 36.4 Å². The normalized spacial score (nSPS) is 11.0. The number of imidazole rings is 1. The molecule has 24 heavy (non-hydrogen) atoms. The van der Waals surface area contributed by atoms with E-state index < -0.39 is 0 Å². The van der Waals surface area contributed by atoms with Crippen LogP contribution in [0, 0.1) is 0 Å². The molecule has 0 spiro atoms. The zero-order valence-electron chi connectivity index (χ0n) is 13.5. The third kappa shape index (κ3) is 3.40. The summed E-state index contributed by atoms with van der Waals surface area (Å²) in [5.41, 5.74) is 2.96. The molecule has 3 rings (SSSR count). The van der Waals surface area contributed by atoms with E-state index in [1.165, 1.54) is 0 Å². The number of aromatic nitrogens is 2. The first-order valence-electron chi connectivity index (χ1n) is 7.55. The molecule has 1 amide bonds. The highest BCUT2D eigenvalue weighted by Crippen LogP contribution is 2.25. The van der Waals surface area contributed by atoms with Gasteiger partial charge in [-0.15, -0.1) is 0 Å². The second kappa shape index (κ2) is 6.83. The largest absolute Gasteiger partial charge is 0.339 e. The molecule has 0 aliphatic rings. The third-order valence-electron chi connectivity index (χ3n) is 3.97. The van der Waals surface area contributed by atoms with Crippen molar-refractivity contribution >= 4 is 40.1 Å². The van der Waals surface area contributed by atoms with Crippen molar-refractivity contribution in [3.63, 3.8) is 0 Å². The Labute approximate surface area is 150 Å². The summed E-state index contributed by atoms with van der Waals surface area (Å²) >= 11 is 12.1. The first-order valence-corrected chi connectivity index (χ1v) is 8.31. The summed E-state index contributed by atoms with van der Waals surface area (Å²) in [6.45, 7) is 2.61. The molecule has 6 heteroatoms. The average Bonchev–Trinajstić information content (AvgIpc) is 2.88. The molecule has 0 bridgehead atoms. The SMILES string of the molecule is CC(=O)N(C)Cc1nc2ccccc2n1Cc1ccc(Cl)c(Cl)c1. The lowest BCUT2D eigenvalue weighted by molar-refractivity contribution is -0.128. The van der Waals surface area contributed by atoms with Gasteiger partial charge in [-0.1, -0.05) is 41.4 Å². The van der Waals surface area contributed by atoms with E-state index in [0.717, 1.165) is 22.4 Å². The third-order valence-corrected chi connectivity index (χ3v) is 4.71. The molecule has 1 heterocycles. The first kappa shape index (κ1) is 16.8. The van der Waals surface area contributed by atoms with Crippen molar-refractivity contribution in [1.29, 1.82) is 0 Å². The van der Waals surface area contributed by atoms with Crippen molar-refractivity contribution in [2.45, 2.75) is 20.0 Å². The molecule has 0 aliphatic heterocycles. The summed E-state index contributed by atoms with van der Waals surface area (Å²) in [5, 5.41) is 1.06. The summed E-state index contributed by atoms with van der Waals surface area (Å²) < 4.78 is 2.11. The van der Waals surface area contributed by atoms with Gasteiger partial charge in [0.1, 0.15) is 5.82 Å². The van der Waals surface area contributed by atoms with E-state index in [0.29, 0.717) is 23.1 Å². The molecule has 0 aliphatic carbocycles. The van der Waals surface area contributed by atoms with E-state index >= 15 is 0 Å². The number of carbonyl (C=O) groups is 1. The molecule has 0 saturated heterocycles. The van der Waals surface area contributed by atoms with Crippen LogP contribution in [0.1, 0.15) is 18.3 Å². The first-order chi connectivity index (χ1) is 11.5. The second-order valence-corrected chi connectivity index (χ2v) is 6.54. The molecule has 1 aromatic heterocycles. The van der Waals surface area contributed by atoms with Crippen molar-refractivity contribution in [3.8, 4) is 0 Å². The average molecular weight is 362 g/mol. The Hall–Kier alpha value is -2.04. The van der Waals surface area contributed by atoms with Crippen molar-refractivity contribution in [2.24, 2.45) is 0 Å². The van der Waals surface area contributed by atoms with Gasteiger partial charge in [-0.3, -0.25) is 4.79 Å². The summed E-state index contributed by atoms with van der Waals surface area (Å²) in [7, 11) is 1.77. The summed E-state index contributed by atoms with van der Waals surface area (Å²) in [6.07, 6.45) is 0. The molecular weight excluding hydrogens is 345 g/mol. The van der Waals surface area contributed by atoms with Crippen molar-refractivity contribution in [2.75, 3.05) is 7.05 Å². The van der Waals surface area contributed by atoms with Gasteiger partial charge in [0, 0.05) is 20.5 Å². The number of para-hydroxylation sites is 2. The maximum atomic E-state index is 11.6. The fraction of sp³-hybridized carbons (Fsp3) is 0.222. The van der Waals surface area contributed by atoms with Gasteiger partial charge in [-0.25, -0.2) is 4.98 Å². The van der Waals surface area contributed by atoms with Crippen LogP contribution in [0.4, 0.5) is 0 Å². The molecule has 0 unspecified atom stereocenters. The minimum absolute atomic E-state index is 0.00291. The number of benzene rings is 2. The molecule has 0 atom stereocenters. The van der Waals surface area contributed by atoms with E-state index in [4.69, 9.17) is 23.2 Å². The van der Waals surface area contributed by atoms with Gasteiger partial charge >= 0.3 is 0 Å². The van der Waals surface area contributed by atoms with Gasteiger partial charge in [0.2, 0.25) is 5.91 Å². The van der Waals surface area contributed by atoms with E-state index in [1.54, 1.807) is 24.9 Å². The van der Waals surface area contributed by atoms with Crippen molar-refractivity contribution in [1.82, 2.24) is 14.5 Å². The standard InChI is InChI=1S/C18H17Cl2N3O/c1-12(24)22(2)11-18-21-16-5-3-4-6-17(16)23(18)10-13-7-8-14(19)15(20)9-13/h3-9H,10-11H2,1-2H3. The van der Waals surface area contributed by atoms with Gasteiger partial charge in [-0.2, -0.15) is 0 Å². The van der Waals surface area contributed by atoms with Gasteiger partial charge < -0.3 is 9.47 Å². The van der Waals surface area contributed by atoms with Gasteiger partial charge in [0.25, 0.3) is 0 Å². The van der Waals surface area contributed by atoms with Gasteiger partial charge in [-0.05, 0) is 29.8 Å². The van der Waals surface area contributed by atoms with Crippen LogP contribution in [-0.2, 0) is 17.9 Å². The number of carbonyl (C=O) groups excluding carboxylic acids is 1. The van der Waals surface area contributed by atoms with Crippen LogP contribution in [0.2, 0.25) is 10.0 Å². The van der Waals surface area contributed by atoms with Crippen LogP contribution in [0.25, 0.3) is 11.0 Å². The van der Waals surface area contributed by atoms with Crippen LogP contribution in [0.15, 0.2) is 42.5 Å². The quantitative estimate of drug-likeness (QED) is 0.691. The van der Waals surface area contributed by atoms with Crippen molar-refractivity contribution in [3.05, 3.63) is 63.9 Å². The Balaban J connectivity index is 2.03. The lowest BCUT2D eigenvalue weighted by Gasteiger charge is -2.16. The highest BCUT2D eigenvalue weighted by molar-refractivity contribution is 6.42. The number of rotatable bonds is 4. The zero-order valence-corrected chi connectivity index (χ0v) is 15.0. The highest BCUT2D eigenvalue weighted by atomic mass is 35.5. The molecule has 3 aromatic rings. The Morgan fingerprint density at radius 2 is 1.92 bits per heavy atom. The fourth-order valence-corrected chi connectivity index (χ4v) is 2.89. The van der Waals surface area contributed by atoms with Crippen LogP contribution in [0.5, 0.6) is 0 Å². The molecule has 4 nitrogen and oxygen atoms in total. The maximum absolute atomic E-state index is 11.6. The van der Waals surface area contributed by atoms with Crippen molar-refractivity contribution < 1.29 is 4.79 Å². The summed E-state index contributed by atoms with van der Waals surface area (Å²) in [6, 6.07) is 13.5. The molecule has 0 N–H and O–H groups in total. The molecule has 0 fully saturated rings. The number of fused-ring (bicyclic) bond motifs is 1. The number of hydrogen-bond acceptors (Lipinski definition) is 2. The Bertz CT molecular complexity index is 904. The highest BCUT2D eigenvalue weighted by Gasteiger charge is 2.14. The smallest absolute Gasteiger partial charge is 0.219 e. The van der Waals surface area contributed by atoms with E-state index in [2.05, 4.69) is 9.55 Å². The molecule has 2 aromatic carbocycles. The Kier molecular flexibility index (Phi) is 4.78. The Morgan fingerprint density at radius 1 is 1.17 bits per heavy atom. The predicted molar refractivity (Wildman–Crippen MR) is 97.4 cm³/mol. The van der Waals surface area contributed by atoms with E-state index in [9.17, 15) is 4.79 Å². The monoisotopic (exact) mass is 361 g/mol. The minimum Gasteiger partial charge on any atom is -0.339 e. The van der Waals surface area contributed by atoms with Crippen LogP contribution in [0.3, 0.4) is 0 Å². The number of halogens is 2. The molecular formula is C18H17Cl2N3O. The zero-order chi connectivity index (χ0) is 17.3. The van der Waals surface area contributed by atoms with Gasteiger partial charge in [0.05, 0.1) is 27.6 Å².